The van der Waals surface area contributed by atoms with Gasteiger partial charge in [0.25, 0.3) is 0 Å². The molecule has 0 aliphatic heterocycles. The summed E-state index contributed by atoms with van der Waals surface area (Å²) in [5.74, 6) is -1.43. The lowest BCUT2D eigenvalue weighted by Gasteiger charge is -2.21. The third kappa shape index (κ3) is 47.5. The third-order valence-electron chi connectivity index (χ3n) is 12.5. The minimum absolute atomic E-state index is 0.178. The lowest BCUT2D eigenvalue weighted by Crippen LogP contribution is -2.30. The second-order valence-corrected chi connectivity index (χ2v) is 20.6. The minimum Gasteiger partial charge on any atom is -0.462 e. The minimum atomic E-state index is -4.73. The first-order valence-electron chi connectivity index (χ1n) is 27.9. The summed E-state index contributed by atoms with van der Waals surface area (Å²) in [5.41, 5.74) is 0. The van der Waals surface area contributed by atoms with E-state index in [4.69, 9.17) is 23.3 Å². The summed E-state index contributed by atoms with van der Waals surface area (Å²) >= 11 is 0. The molecule has 0 saturated heterocycles. The lowest BCUT2D eigenvalue weighted by molar-refractivity contribution is -0.161. The largest absolute Gasteiger partial charge is 0.472 e. The Labute approximate surface area is 405 Å². The van der Waals surface area contributed by atoms with Gasteiger partial charge >= 0.3 is 25.7 Å². The summed E-state index contributed by atoms with van der Waals surface area (Å²) < 4.78 is 39.4. The van der Waals surface area contributed by atoms with Crippen LogP contribution >= 0.6 is 7.82 Å². The van der Waals surface area contributed by atoms with Crippen LogP contribution in [0.3, 0.4) is 0 Å². The predicted octanol–water partition coefficient (Wildman–Crippen LogP) is 15.9. The number of hydrogen-bond donors (Lipinski definition) is 2. The monoisotopic (exact) mass is 961 g/mol. The Hall–Kier alpha value is -1.52. The quantitative estimate of drug-likeness (QED) is 0.0259. The maximum atomic E-state index is 12.9. The molecule has 2 N–H and O–H groups in total. The summed E-state index contributed by atoms with van der Waals surface area (Å²) in [7, 11) is -4.73. The van der Waals surface area contributed by atoms with E-state index in [1.807, 2.05) is 0 Å². The molecule has 11 nitrogen and oxygen atoms in total. The zero-order chi connectivity index (χ0) is 48.4. The molecule has 0 aromatic carbocycles. The lowest BCUT2D eigenvalue weighted by atomic mass is 10.0. The van der Waals surface area contributed by atoms with Crippen LogP contribution in [0.15, 0.2) is 0 Å². The number of carbonyl (C=O) groups is 3. The van der Waals surface area contributed by atoms with Crippen molar-refractivity contribution in [3.05, 3.63) is 0 Å². The van der Waals surface area contributed by atoms with E-state index in [1.165, 1.54) is 173 Å². The van der Waals surface area contributed by atoms with Gasteiger partial charge in [0, 0.05) is 19.3 Å². The molecule has 0 radical (unpaired) electrons. The predicted molar refractivity (Wildman–Crippen MR) is 270 cm³/mol. The molecule has 3 atom stereocenters. The standard InChI is InChI=1S/C54H105O11P/c1-4-7-10-13-16-19-21-22-23-24-25-26-27-28-30-33-36-39-42-45-54(58)65-51(47-61-52(56)43-40-37-34-32-29-20-17-14-11-8-5-2)49-63-66(59,60)62-48-50(46-55)64-53(57)44-41-38-35-31-18-15-12-9-6-3/h50-51,55H,4-49H2,1-3H3,(H,59,60). The van der Waals surface area contributed by atoms with Gasteiger partial charge in [0.05, 0.1) is 19.8 Å². The van der Waals surface area contributed by atoms with Gasteiger partial charge in [-0.05, 0) is 19.3 Å². The molecule has 0 saturated carbocycles. The van der Waals surface area contributed by atoms with Gasteiger partial charge in [0.1, 0.15) is 12.7 Å². The Morgan fingerprint density at radius 2 is 0.606 bits per heavy atom. The fourth-order valence-electron chi connectivity index (χ4n) is 8.24. The molecule has 0 aromatic heterocycles. The van der Waals surface area contributed by atoms with Crippen LogP contribution in [0, 0.1) is 0 Å². The van der Waals surface area contributed by atoms with Crippen LogP contribution < -0.4 is 0 Å². The van der Waals surface area contributed by atoms with Crippen LogP contribution in [0.4, 0.5) is 0 Å². The van der Waals surface area contributed by atoms with Gasteiger partial charge < -0.3 is 24.2 Å². The molecule has 0 fully saturated rings. The Balaban J connectivity index is 4.62. The maximum Gasteiger partial charge on any atom is 0.472 e. The van der Waals surface area contributed by atoms with E-state index in [2.05, 4.69) is 20.8 Å². The van der Waals surface area contributed by atoms with E-state index in [-0.39, 0.29) is 25.9 Å². The van der Waals surface area contributed by atoms with Crippen LogP contribution in [0.25, 0.3) is 0 Å². The highest BCUT2D eigenvalue weighted by molar-refractivity contribution is 7.47. The number of carbonyl (C=O) groups excluding carboxylic acids is 3. The molecule has 0 rings (SSSR count). The molecule has 392 valence electrons. The van der Waals surface area contributed by atoms with Crippen molar-refractivity contribution >= 4 is 25.7 Å². The van der Waals surface area contributed by atoms with Crippen LogP contribution in [0.1, 0.15) is 290 Å². The van der Waals surface area contributed by atoms with Gasteiger partial charge in [-0.3, -0.25) is 23.4 Å². The van der Waals surface area contributed by atoms with Crippen LogP contribution in [-0.4, -0.2) is 66.5 Å². The van der Waals surface area contributed by atoms with Crippen molar-refractivity contribution in [2.24, 2.45) is 0 Å². The maximum absolute atomic E-state index is 12.9. The number of phosphoric acid groups is 1. The second-order valence-electron chi connectivity index (χ2n) is 19.1. The normalized spacial score (nSPS) is 13.3. The van der Waals surface area contributed by atoms with Crippen molar-refractivity contribution < 1.29 is 52.2 Å². The number of esters is 3. The van der Waals surface area contributed by atoms with Crippen molar-refractivity contribution in [2.75, 3.05) is 26.4 Å². The molecular weight excluding hydrogens is 856 g/mol. The molecule has 0 aliphatic rings. The first-order chi connectivity index (χ1) is 32.2. The summed E-state index contributed by atoms with van der Waals surface area (Å²) in [6.45, 7) is 4.66. The van der Waals surface area contributed by atoms with Crippen molar-refractivity contribution in [1.29, 1.82) is 0 Å². The molecule has 0 aliphatic carbocycles. The first-order valence-corrected chi connectivity index (χ1v) is 29.4. The van der Waals surface area contributed by atoms with E-state index < -0.39 is 57.8 Å². The van der Waals surface area contributed by atoms with Gasteiger partial charge in [0.15, 0.2) is 6.10 Å². The fraction of sp³-hybridized carbons (Fsp3) is 0.944. The van der Waals surface area contributed by atoms with Gasteiger partial charge in [-0.25, -0.2) is 4.57 Å². The molecule has 0 bridgehead atoms. The molecule has 0 spiro atoms. The van der Waals surface area contributed by atoms with E-state index in [1.54, 1.807) is 0 Å². The number of hydrogen-bond acceptors (Lipinski definition) is 10. The van der Waals surface area contributed by atoms with Crippen LogP contribution in [0.5, 0.6) is 0 Å². The number of rotatable bonds is 53. The van der Waals surface area contributed by atoms with Crippen molar-refractivity contribution in [1.82, 2.24) is 0 Å². The summed E-state index contributed by atoms with van der Waals surface area (Å²) in [5, 5.41) is 9.75. The van der Waals surface area contributed by atoms with Crippen LogP contribution in [-0.2, 0) is 42.2 Å². The van der Waals surface area contributed by atoms with Gasteiger partial charge in [-0.2, -0.15) is 0 Å². The average Bonchev–Trinajstić information content (AvgIpc) is 3.30. The van der Waals surface area contributed by atoms with E-state index >= 15 is 0 Å². The highest BCUT2D eigenvalue weighted by atomic mass is 31.2. The molecule has 3 unspecified atom stereocenters. The summed E-state index contributed by atoms with van der Waals surface area (Å²) in [4.78, 5) is 48.3. The van der Waals surface area contributed by atoms with Gasteiger partial charge in [-0.1, -0.05) is 252 Å². The number of aliphatic hydroxyl groups excluding tert-OH is 1. The first kappa shape index (κ1) is 64.5. The molecule has 0 amide bonds. The zero-order valence-corrected chi connectivity index (χ0v) is 44.1. The van der Waals surface area contributed by atoms with E-state index in [0.29, 0.717) is 19.3 Å². The van der Waals surface area contributed by atoms with E-state index in [0.717, 1.165) is 57.8 Å². The SMILES string of the molecule is CCCCCCCCCCCCCCCCCCCCCC(=O)OC(COC(=O)CCCCCCCCCCCCC)COP(=O)(O)OCC(CO)OC(=O)CCCCCCCCCCC. The molecule has 0 aromatic rings. The Bertz CT molecular complexity index is 1120. The highest BCUT2D eigenvalue weighted by Crippen LogP contribution is 2.43. The molecule has 66 heavy (non-hydrogen) atoms. The summed E-state index contributed by atoms with van der Waals surface area (Å²) in [6, 6.07) is 0. The molecule has 12 heteroatoms. The van der Waals surface area contributed by atoms with Crippen molar-refractivity contribution in [3.63, 3.8) is 0 Å². The zero-order valence-electron chi connectivity index (χ0n) is 43.2. The van der Waals surface area contributed by atoms with Crippen molar-refractivity contribution in [3.8, 4) is 0 Å². The Kier molecular flexibility index (Phi) is 48.7. The van der Waals surface area contributed by atoms with E-state index in [9.17, 15) is 28.9 Å². The topological polar surface area (TPSA) is 155 Å². The number of aliphatic hydroxyl groups is 1. The Morgan fingerprint density at radius 1 is 0.364 bits per heavy atom. The fourth-order valence-corrected chi connectivity index (χ4v) is 9.02. The average molecular weight is 961 g/mol. The number of ether oxygens (including phenoxy) is 3. The van der Waals surface area contributed by atoms with Crippen molar-refractivity contribution in [2.45, 2.75) is 303 Å². The smallest absolute Gasteiger partial charge is 0.462 e. The molecule has 0 heterocycles. The number of phosphoric ester groups is 1. The third-order valence-corrected chi connectivity index (χ3v) is 13.5. The highest BCUT2D eigenvalue weighted by Gasteiger charge is 2.28. The Morgan fingerprint density at radius 3 is 0.894 bits per heavy atom. The van der Waals surface area contributed by atoms with Crippen LogP contribution in [0.2, 0.25) is 0 Å². The molecular formula is C54H105O11P. The number of unbranched alkanes of at least 4 members (excludes halogenated alkanes) is 36. The summed E-state index contributed by atoms with van der Waals surface area (Å²) in [6.07, 6.45) is 45.1. The van der Waals surface area contributed by atoms with Gasteiger partial charge in [-0.15, -0.1) is 0 Å². The second kappa shape index (κ2) is 49.9. The van der Waals surface area contributed by atoms with Gasteiger partial charge in [0.2, 0.25) is 0 Å².